The largest absolute Gasteiger partial charge is 0.350 e. The maximum atomic E-state index is 12.7. The number of pyridine rings is 1. The van der Waals surface area contributed by atoms with Gasteiger partial charge in [0.25, 0.3) is 5.91 Å². The monoisotopic (exact) mass is 385 g/mol. The fourth-order valence-electron chi connectivity index (χ4n) is 2.85. The molecule has 0 atom stereocenters. The zero-order valence-electron chi connectivity index (χ0n) is 13.8. The van der Waals surface area contributed by atoms with Crippen LogP contribution in [0, 0.1) is 6.92 Å². The third-order valence-electron chi connectivity index (χ3n) is 4.03. The molecule has 1 amide bonds. The number of carbonyl (C=O) groups excluding carboxylic acids is 1. The quantitative estimate of drug-likeness (QED) is 0.722. The van der Waals surface area contributed by atoms with E-state index in [0.29, 0.717) is 12.2 Å². The molecule has 24 heavy (non-hydrogen) atoms. The summed E-state index contributed by atoms with van der Waals surface area (Å²) in [5.41, 5.74) is 4.55. The maximum absolute atomic E-state index is 12.7. The Morgan fingerprint density at radius 1 is 1.29 bits per heavy atom. The van der Waals surface area contributed by atoms with Crippen molar-refractivity contribution in [3.63, 3.8) is 0 Å². The van der Waals surface area contributed by atoms with Gasteiger partial charge in [0.05, 0.1) is 5.69 Å². The third kappa shape index (κ3) is 3.36. The highest BCUT2D eigenvalue weighted by Crippen LogP contribution is 2.21. The van der Waals surface area contributed by atoms with Crippen LogP contribution >= 0.6 is 15.9 Å². The van der Waals surface area contributed by atoms with Crippen molar-refractivity contribution in [1.29, 1.82) is 0 Å². The van der Waals surface area contributed by atoms with Crippen LogP contribution in [0.1, 0.15) is 34.2 Å². The summed E-state index contributed by atoms with van der Waals surface area (Å²) in [5, 5.41) is 3.02. The van der Waals surface area contributed by atoms with Crippen LogP contribution in [-0.2, 0) is 12.8 Å². The van der Waals surface area contributed by atoms with Crippen LogP contribution in [0.2, 0.25) is 0 Å². The molecule has 2 heterocycles. The first-order valence-corrected chi connectivity index (χ1v) is 8.88. The van der Waals surface area contributed by atoms with Crippen molar-refractivity contribution in [3.05, 3.63) is 69.6 Å². The number of halogens is 1. The van der Waals surface area contributed by atoms with Crippen LogP contribution in [0.15, 0.2) is 47.1 Å². The van der Waals surface area contributed by atoms with E-state index in [-0.39, 0.29) is 5.91 Å². The van der Waals surface area contributed by atoms with E-state index in [1.807, 2.05) is 48.7 Å². The minimum absolute atomic E-state index is 0.0761. The maximum Gasteiger partial charge on any atom is 0.270 e. The summed E-state index contributed by atoms with van der Waals surface area (Å²) in [5.74, 6) is -0.0761. The molecule has 5 heteroatoms. The molecule has 124 valence electrons. The number of hydrogen-bond acceptors (Lipinski definition) is 2. The topological polar surface area (TPSA) is 46.4 Å². The summed E-state index contributed by atoms with van der Waals surface area (Å²) in [6.45, 7) is 4.63. The Kier molecular flexibility index (Phi) is 5.00. The molecule has 3 rings (SSSR count). The number of nitrogens with one attached hydrogen (secondary N) is 1. The molecular formula is C19H20BrN3O. The normalized spacial score (nSPS) is 11.0. The fourth-order valence-corrected chi connectivity index (χ4v) is 3.40. The van der Waals surface area contributed by atoms with Crippen molar-refractivity contribution >= 4 is 27.5 Å². The van der Waals surface area contributed by atoms with Crippen LogP contribution in [0.3, 0.4) is 0 Å². The predicted octanol–water partition coefficient (Wildman–Crippen LogP) is 3.94. The van der Waals surface area contributed by atoms with E-state index >= 15 is 0 Å². The zero-order chi connectivity index (χ0) is 17.1. The molecule has 2 aromatic heterocycles. The van der Waals surface area contributed by atoms with Crippen molar-refractivity contribution in [2.45, 2.75) is 26.7 Å². The lowest BCUT2D eigenvalue weighted by Crippen LogP contribution is -2.27. The number of carbonyl (C=O) groups is 1. The average molecular weight is 386 g/mol. The van der Waals surface area contributed by atoms with Crippen LogP contribution in [0.5, 0.6) is 0 Å². The average Bonchev–Trinajstić information content (AvgIpc) is 2.94. The number of hydrogen-bond donors (Lipinski definition) is 1. The first-order valence-electron chi connectivity index (χ1n) is 8.09. The third-order valence-corrected chi connectivity index (χ3v) is 4.47. The summed E-state index contributed by atoms with van der Waals surface area (Å²) in [4.78, 5) is 17.4. The zero-order valence-corrected chi connectivity index (χ0v) is 15.4. The molecule has 0 spiro atoms. The molecule has 0 saturated carbocycles. The number of aryl methyl sites for hydroxylation is 2. The van der Waals surface area contributed by atoms with Crippen molar-refractivity contribution in [2.24, 2.45) is 0 Å². The van der Waals surface area contributed by atoms with Gasteiger partial charge in [-0.15, -0.1) is 0 Å². The van der Waals surface area contributed by atoms with E-state index in [2.05, 4.69) is 38.4 Å². The number of fused-ring (bicyclic) bond motifs is 1. The minimum Gasteiger partial charge on any atom is -0.350 e. The molecule has 0 bridgehead atoms. The van der Waals surface area contributed by atoms with Crippen molar-refractivity contribution < 1.29 is 4.79 Å². The van der Waals surface area contributed by atoms with Gasteiger partial charge in [-0.1, -0.05) is 37.3 Å². The highest BCUT2D eigenvalue weighted by Gasteiger charge is 2.19. The van der Waals surface area contributed by atoms with Crippen LogP contribution in [-0.4, -0.2) is 21.8 Å². The second-order valence-corrected chi connectivity index (χ2v) is 6.70. The molecule has 1 N–H and O–H groups in total. The van der Waals surface area contributed by atoms with E-state index in [1.54, 1.807) is 0 Å². The molecule has 0 aliphatic carbocycles. The SMILES string of the molecule is CCc1nc2c(C)cc(Br)cn2c1C(=O)NCCc1ccccc1. The molecule has 1 aromatic carbocycles. The Morgan fingerprint density at radius 3 is 2.75 bits per heavy atom. The van der Waals surface area contributed by atoms with Crippen LogP contribution < -0.4 is 5.32 Å². The van der Waals surface area contributed by atoms with E-state index < -0.39 is 0 Å². The summed E-state index contributed by atoms with van der Waals surface area (Å²) < 4.78 is 2.82. The number of imidazole rings is 1. The number of amides is 1. The lowest BCUT2D eigenvalue weighted by molar-refractivity contribution is 0.0947. The molecule has 0 unspecified atom stereocenters. The second kappa shape index (κ2) is 7.18. The number of aromatic nitrogens is 2. The standard InChI is InChI=1S/C19H20BrN3O/c1-3-16-17(23-12-15(20)11-13(2)18(23)22-16)19(24)21-10-9-14-7-5-4-6-8-14/h4-8,11-12H,3,9-10H2,1-2H3,(H,21,24). The van der Waals surface area contributed by atoms with Gasteiger partial charge in [0.1, 0.15) is 11.3 Å². The molecule has 4 nitrogen and oxygen atoms in total. The lowest BCUT2D eigenvalue weighted by Gasteiger charge is -2.08. The highest BCUT2D eigenvalue weighted by atomic mass is 79.9. The van der Waals surface area contributed by atoms with Crippen LogP contribution in [0.25, 0.3) is 5.65 Å². The van der Waals surface area contributed by atoms with Gasteiger partial charge in [0.15, 0.2) is 0 Å². The van der Waals surface area contributed by atoms with Crippen molar-refractivity contribution in [1.82, 2.24) is 14.7 Å². The van der Waals surface area contributed by atoms with Crippen LogP contribution in [0.4, 0.5) is 0 Å². The lowest BCUT2D eigenvalue weighted by atomic mass is 10.1. The summed E-state index contributed by atoms with van der Waals surface area (Å²) in [6.07, 6.45) is 3.44. The molecule has 3 aromatic rings. The summed E-state index contributed by atoms with van der Waals surface area (Å²) >= 11 is 3.50. The fraction of sp³-hybridized carbons (Fsp3) is 0.263. The van der Waals surface area contributed by atoms with E-state index in [4.69, 9.17) is 0 Å². The Bertz CT molecular complexity index is 871. The molecule has 0 aliphatic heterocycles. The number of nitrogens with zero attached hydrogens (tertiary/aromatic N) is 2. The summed E-state index contributed by atoms with van der Waals surface area (Å²) in [6, 6.07) is 12.2. The molecule has 0 aliphatic rings. The summed E-state index contributed by atoms with van der Waals surface area (Å²) in [7, 11) is 0. The first-order chi connectivity index (χ1) is 11.6. The van der Waals surface area contributed by atoms with Gasteiger partial charge in [0, 0.05) is 17.2 Å². The van der Waals surface area contributed by atoms with Gasteiger partial charge < -0.3 is 5.32 Å². The Hall–Kier alpha value is -2.14. The van der Waals surface area contributed by atoms with Gasteiger partial charge in [0.2, 0.25) is 0 Å². The highest BCUT2D eigenvalue weighted by molar-refractivity contribution is 9.10. The Morgan fingerprint density at radius 2 is 2.04 bits per heavy atom. The van der Waals surface area contributed by atoms with Gasteiger partial charge >= 0.3 is 0 Å². The smallest absolute Gasteiger partial charge is 0.270 e. The van der Waals surface area contributed by atoms with Gasteiger partial charge in [-0.2, -0.15) is 0 Å². The first kappa shape index (κ1) is 16.7. The molecule has 0 radical (unpaired) electrons. The molecule has 0 saturated heterocycles. The predicted molar refractivity (Wildman–Crippen MR) is 99.5 cm³/mol. The minimum atomic E-state index is -0.0761. The Balaban J connectivity index is 1.83. The van der Waals surface area contributed by atoms with Crippen molar-refractivity contribution in [3.8, 4) is 0 Å². The van der Waals surface area contributed by atoms with Gasteiger partial charge in [-0.3, -0.25) is 9.20 Å². The van der Waals surface area contributed by atoms with Gasteiger partial charge in [-0.05, 0) is 52.9 Å². The number of benzene rings is 1. The Labute approximate surface area is 150 Å². The molecule has 0 fully saturated rings. The van der Waals surface area contributed by atoms with Gasteiger partial charge in [-0.25, -0.2) is 4.98 Å². The number of rotatable bonds is 5. The molecular weight excluding hydrogens is 366 g/mol. The van der Waals surface area contributed by atoms with Crippen molar-refractivity contribution in [2.75, 3.05) is 6.54 Å². The van der Waals surface area contributed by atoms with E-state index in [9.17, 15) is 4.79 Å². The second-order valence-electron chi connectivity index (χ2n) is 5.79. The van der Waals surface area contributed by atoms with E-state index in [1.165, 1.54) is 5.56 Å². The van der Waals surface area contributed by atoms with E-state index in [0.717, 1.165) is 34.2 Å².